The third-order valence-corrected chi connectivity index (χ3v) is 6.23. The molecule has 0 fully saturated rings. The topological polar surface area (TPSA) is 103 Å². The van der Waals surface area contributed by atoms with Crippen molar-refractivity contribution < 1.29 is 4.74 Å². The fourth-order valence-electron chi connectivity index (χ4n) is 3.58. The number of hydrogen-bond donors (Lipinski definition) is 1. The summed E-state index contributed by atoms with van der Waals surface area (Å²) in [5.74, 6) is 2.85. The molecule has 0 saturated carbocycles. The summed E-state index contributed by atoms with van der Waals surface area (Å²) in [7, 11) is 3.29. The molecule has 1 N–H and O–H groups in total. The number of halogens is 1. The molecule has 0 aliphatic rings. The van der Waals surface area contributed by atoms with Gasteiger partial charge in [-0.25, -0.2) is 4.98 Å². The smallest absolute Gasteiger partial charge is 0.262 e. The van der Waals surface area contributed by atoms with Gasteiger partial charge < -0.3 is 4.74 Å². The molecular weight excluding hydrogens is 450 g/mol. The zero-order valence-corrected chi connectivity index (χ0v) is 19.0. The summed E-state index contributed by atoms with van der Waals surface area (Å²) >= 11 is 7.54. The van der Waals surface area contributed by atoms with E-state index in [2.05, 4.69) is 25.4 Å². The molecule has 0 atom stereocenters. The average Bonchev–Trinajstić information content (AvgIpc) is 3.43. The van der Waals surface area contributed by atoms with Crippen molar-refractivity contribution in [3.63, 3.8) is 0 Å². The van der Waals surface area contributed by atoms with Crippen LogP contribution in [0.25, 0.3) is 28.1 Å². The van der Waals surface area contributed by atoms with Crippen LogP contribution in [0.15, 0.2) is 46.3 Å². The number of fused-ring (bicyclic) bond motifs is 3. The number of aromatic nitrogens is 7. The van der Waals surface area contributed by atoms with E-state index in [0.29, 0.717) is 44.5 Å². The lowest BCUT2D eigenvalue weighted by Gasteiger charge is -2.08. The highest BCUT2D eigenvalue weighted by Crippen LogP contribution is 2.31. The minimum absolute atomic E-state index is 0.100. The Labute approximate surface area is 191 Å². The van der Waals surface area contributed by atoms with E-state index in [1.807, 2.05) is 29.5 Å². The second kappa shape index (κ2) is 7.95. The van der Waals surface area contributed by atoms with Crippen LogP contribution >= 0.6 is 23.4 Å². The normalized spacial score (nSPS) is 11.5. The zero-order chi connectivity index (χ0) is 22.4. The summed E-state index contributed by atoms with van der Waals surface area (Å²) in [6.07, 6.45) is 0. The highest BCUT2D eigenvalue weighted by Gasteiger charge is 2.17. The molecule has 5 rings (SSSR count). The Kier molecular flexibility index (Phi) is 5.10. The minimum atomic E-state index is -0.100. The molecule has 5 aromatic rings. The molecule has 0 saturated heterocycles. The lowest BCUT2D eigenvalue weighted by Crippen LogP contribution is -2.20. The third-order valence-electron chi connectivity index (χ3n) is 5.15. The highest BCUT2D eigenvalue weighted by molar-refractivity contribution is 7.98. The predicted octanol–water partition coefficient (Wildman–Crippen LogP) is 3.63. The van der Waals surface area contributed by atoms with Crippen molar-refractivity contribution in [2.75, 3.05) is 7.11 Å². The molecule has 0 aliphatic heterocycles. The van der Waals surface area contributed by atoms with E-state index < -0.39 is 0 Å². The monoisotopic (exact) mass is 467 g/mol. The summed E-state index contributed by atoms with van der Waals surface area (Å²) in [6.45, 7) is 1.96. The number of methoxy groups -OCH3 is 1. The summed E-state index contributed by atoms with van der Waals surface area (Å²) in [6, 6.07) is 11.1. The number of rotatable bonds is 5. The maximum absolute atomic E-state index is 12.7. The van der Waals surface area contributed by atoms with E-state index in [1.165, 1.54) is 16.3 Å². The van der Waals surface area contributed by atoms with E-state index in [-0.39, 0.29) is 5.56 Å². The molecule has 162 valence electrons. The van der Waals surface area contributed by atoms with E-state index >= 15 is 0 Å². The second-order valence-corrected chi connectivity index (χ2v) is 8.62. The SMILES string of the molecule is COc1ccc(Cl)cc1-c1nc(SCc2nnc3n(C)c(=O)c4cc(C)ccc4n23)n[nH]1. The molecule has 2 aromatic carbocycles. The van der Waals surface area contributed by atoms with Gasteiger partial charge in [-0.1, -0.05) is 35.0 Å². The van der Waals surface area contributed by atoms with Gasteiger partial charge in [0.2, 0.25) is 10.9 Å². The van der Waals surface area contributed by atoms with Crippen LogP contribution in [0.4, 0.5) is 0 Å². The number of aryl methyl sites for hydroxylation is 2. The molecule has 0 unspecified atom stereocenters. The second-order valence-electron chi connectivity index (χ2n) is 7.24. The standard InChI is InChI=1S/C21H18ClN7O2S/c1-11-4-6-15-13(8-11)19(30)28(2)21-27-24-17(29(15)21)10-32-20-23-18(25-26-20)14-9-12(22)5-7-16(14)31-3/h4-9H,10H2,1-3H3,(H,23,25,26). The number of benzene rings is 2. The number of nitrogens with one attached hydrogen (secondary N) is 1. The molecule has 0 bridgehead atoms. The van der Waals surface area contributed by atoms with E-state index in [4.69, 9.17) is 16.3 Å². The van der Waals surface area contributed by atoms with Gasteiger partial charge in [0.1, 0.15) is 11.6 Å². The van der Waals surface area contributed by atoms with Crippen molar-refractivity contribution in [3.05, 3.63) is 63.2 Å². The van der Waals surface area contributed by atoms with Crippen molar-refractivity contribution in [1.29, 1.82) is 0 Å². The Morgan fingerprint density at radius 2 is 2.03 bits per heavy atom. The van der Waals surface area contributed by atoms with Gasteiger partial charge in [0.05, 0.1) is 29.3 Å². The summed E-state index contributed by atoms with van der Waals surface area (Å²) < 4.78 is 8.81. The Morgan fingerprint density at radius 3 is 2.84 bits per heavy atom. The fraction of sp³-hybridized carbons (Fsp3) is 0.190. The lowest BCUT2D eigenvalue weighted by molar-refractivity contribution is 0.416. The third kappa shape index (κ3) is 3.41. The van der Waals surface area contributed by atoms with Crippen molar-refractivity contribution in [3.8, 4) is 17.1 Å². The first-order valence-electron chi connectivity index (χ1n) is 9.68. The Hall–Kier alpha value is -3.37. The summed E-state index contributed by atoms with van der Waals surface area (Å²) in [4.78, 5) is 17.3. The first-order valence-corrected chi connectivity index (χ1v) is 11.0. The summed E-state index contributed by atoms with van der Waals surface area (Å²) in [5, 5.41) is 17.5. The molecule has 11 heteroatoms. The van der Waals surface area contributed by atoms with Crippen molar-refractivity contribution in [2.45, 2.75) is 17.8 Å². The molecule has 9 nitrogen and oxygen atoms in total. The summed E-state index contributed by atoms with van der Waals surface area (Å²) in [5.41, 5.74) is 2.41. The number of nitrogens with zero attached hydrogens (tertiary/aromatic N) is 6. The van der Waals surface area contributed by atoms with Crippen LogP contribution in [0.2, 0.25) is 5.02 Å². The van der Waals surface area contributed by atoms with Crippen LogP contribution in [0.3, 0.4) is 0 Å². The van der Waals surface area contributed by atoms with Crippen LogP contribution in [0.5, 0.6) is 5.75 Å². The minimum Gasteiger partial charge on any atom is -0.496 e. The molecule has 0 radical (unpaired) electrons. The van der Waals surface area contributed by atoms with Gasteiger partial charge in [-0.15, -0.1) is 15.3 Å². The van der Waals surface area contributed by atoms with Gasteiger partial charge in [0.15, 0.2) is 5.82 Å². The Balaban J connectivity index is 1.49. The van der Waals surface area contributed by atoms with Gasteiger partial charge >= 0.3 is 0 Å². The number of thioether (sulfide) groups is 1. The van der Waals surface area contributed by atoms with Gasteiger partial charge in [-0.2, -0.15) is 0 Å². The van der Waals surface area contributed by atoms with E-state index in [1.54, 1.807) is 32.4 Å². The Bertz CT molecular complexity index is 1540. The molecule has 0 spiro atoms. The largest absolute Gasteiger partial charge is 0.496 e. The van der Waals surface area contributed by atoms with Gasteiger partial charge in [-0.3, -0.25) is 18.9 Å². The molecule has 3 heterocycles. The fourth-order valence-corrected chi connectivity index (χ4v) is 4.46. The van der Waals surface area contributed by atoms with Crippen LogP contribution in [-0.4, -0.2) is 41.5 Å². The maximum atomic E-state index is 12.7. The number of ether oxygens (including phenoxy) is 1. The highest BCUT2D eigenvalue weighted by atomic mass is 35.5. The van der Waals surface area contributed by atoms with Crippen LogP contribution in [0, 0.1) is 6.92 Å². The van der Waals surface area contributed by atoms with Gasteiger partial charge in [0.25, 0.3) is 5.56 Å². The first kappa shape index (κ1) is 20.5. The van der Waals surface area contributed by atoms with E-state index in [0.717, 1.165) is 16.6 Å². The average molecular weight is 468 g/mol. The van der Waals surface area contributed by atoms with Crippen LogP contribution in [-0.2, 0) is 12.8 Å². The molecule has 3 aromatic heterocycles. The first-order chi connectivity index (χ1) is 15.5. The number of aromatic amines is 1. The molecule has 0 aliphatic carbocycles. The molecular formula is C21H18ClN7O2S. The maximum Gasteiger partial charge on any atom is 0.262 e. The van der Waals surface area contributed by atoms with Gasteiger partial charge in [-0.05, 0) is 37.3 Å². The lowest BCUT2D eigenvalue weighted by atomic mass is 10.1. The molecule has 32 heavy (non-hydrogen) atoms. The van der Waals surface area contributed by atoms with Crippen LogP contribution < -0.4 is 10.3 Å². The Morgan fingerprint density at radius 1 is 1.19 bits per heavy atom. The van der Waals surface area contributed by atoms with E-state index in [9.17, 15) is 4.79 Å². The van der Waals surface area contributed by atoms with Crippen LogP contribution in [0.1, 0.15) is 11.4 Å². The quantitative estimate of drug-likeness (QED) is 0.393. The zero-order valence-electron chi connectivity index (χ0n) is 17.5. The van der Waals surface area contributed by atoms with Crippen molar-refractivity contribution >= 4 is 40.0 Å². The van der Waals surface area contributed by atoms with Crippen molar-refractivity contribution in [2.24, 2.45) is 7.05 Å². The number of H-pyrrole nitrogens is 1. The van der Waals surface area contributed by atoms with Crippen molar-refractivity contribution in [1.82, 2.24) is 34.3 Å². The predicted molar refractivity (Wildman–Crippen MR) is 123 cm³/mol. The number of hydrogen-bond acceptors (Lipinski definition) is 7. The molecule has 0 amide bonds. The van der Waals surface area contributed by atoms with Gasteiger partial charge in [0, 0.05) is 12.1 Å².